The lowest BCUT2D eigenvalue weighted by molar-refractivity contribution is 0.0778. The highest BCUT2D eigenvalue weighted by Crippen LogP contribution is 2.31. The number of carbonyl (C=O) groups is 1. The van der Waals surface area contributed by atoms with Gasteiger partial charge in [-0.2, -0.15) is 8.42 Å². The summed E-state index contributed by atoms with van der Waals surface area (Å²) < 4.78 is 33.8. The zero-order valence-corrected chi connectivity index (χ0v) is 13.4. The van der Waals surface area contributed by atoms with Gasteiger partial charge in [-0.3, -0.25) is 9.35 Å². The number of hydrogen-bond donors (Lipinski definition) is 1. The van der Waals surface area contributed by atoms with Crippen molar-refractivity contribution >= 4 is 26.9 Å². The molecule has 0 bridgehead atoms. The van der Waals surface area contributed by atoms with Gasteiger partial charge in [-0.1, -0.05) is 0 Å². The van der Waals surface area contributed by atoms with E-state index in [9.17, 15) is 17.8 Å². The topological polar surface area (TPSA) is 79.6 Å². The van der Waals surface area contributed by atoms with Gasteiger partial charge >= 0.3 is 0 Å². The van der Waals surface area contributed by atoms with Gasteiger partial charge in [0.15, 0.2) is 0 Å². The van der Waals surface area contributed by atoms with E-state index in [0.29, 0.717) is 5.69 Å². The Kier molecular flexibility index (Phi) is 3.49. The molecule has 0 atom stereocenters. The summed E-state index contributed by atoms with van der Waals surface area (Å²) >= 11 is 0. The highest BCUT2D eigenvalue weighted by atomic mass is 32.2. The fourth-order valence-corrected chi connectivity index (χ4v) is 3.63. The van der Waals surface area contributed by atoms with Crippen molar-refractivity contribution in [3.8, 4) is 0 Å². The molecule has 1 aromatic carbocycles. The molecule has 0 saturated carbocycles. The van der Waals surface area contributed by atoms with E-state index in [1.54, 1.807) is 18.0 Å². The van der Waals surface area contributed by atoms with E-state index in [4.69, 9.17) is 0 Å². The lowest BCUT2D eigenvalue weighted by Crippen LogP contribution is -2.31. The third-order valence-electron chi connectivity index (χ3n) is 4.29. The molecular formula is C15H18N2O4S. The van der Waals surface area contributed by atoms with Crippen LogP contribution in [-0.2, 0) is 23.6 Å². The van der Waals surface area contributed by atoms with Crippen LogP contribution in [0.2, 0.25) is 0 Å². The van der Waals surface area contributed by atoms with Crippen molar-refractivity contribution in [1.29, 1.82) is 0 Å². The Balaban J connectivity index is 2.32. The van der Waals surface area contributed by atoms with Crippen molar-refractivity contribution in [2.75, 3.05) is 13.6 Å². The minimum Gasteiger partial charge on any atom is -0.340 e. The second kappa shape index (κ2) is 5.10. The number of nitrogens with zero attached hydrogens (tertiary/aromatic N) is 2. The van der Waals surface area contributed by atoms with Crippen molar-refractivity contribution in [3.05, 3.63) is 29.5 Å². The molecular weight excluding hydrogens is 304 g/mol. The molecule has 1 amide bonds. The predicted octanol–water partition coefficient (Wildman–Crippen LogP) is 1.83. The van der Waals surface area contributed by atoms with E-state index < -0.39 is 10.1 Å². The monoisotopic (exact) mass is 322 g/mol. The van der Waals surface area contributed by atoms with E-state index >= 15 is 0 Å². The quantitative estimate of drug-likeness (QED) is 0.812. The zero-order valence-electron chi connectivity index (χ0n) is 12.5. The molecule has 6 nitrogen and oxygen atoms in total. The van der Waals surface area contributed by atoms with Crippen LogP contribution in [0.1, 0.15) is 28.9 Å². The summed E-state index contributed by atoms with van der Waals surface area (Å²) in [6.45, 7) is 0.718. The first-order valence-electron chi connectivity index (χ1n) is 7.15. The second-order valence-electron chi connectivity index (χ2n) is 5.72. The van der Waals surface area contributed by atoms with Crippen LogP contribution in [0.5, 0.6) is 0 Å². The number of hydrogen-bond acceptors (Lipinski definition) is 3. The van der Waals surface area contributed by atoms with Gasteiger partial charge in [0, 0.05) is 31.5 Å². The van der Waals surface area contributed by atoms with Crippen LogP contribution in [0.3, 0.4) is 0 Å². The van der Waals surface area contributed by atoms with E-state index in [0.717, 1.165) is 42.3 Å². The highest BCUT2D eigenvalue weighted by molar-refractivity contribution is 7.85. The normalized spacial score (nSPS) is 16.5. The summed E-state index contributed by atoms with van der Waals surface area (Å²) in [5.41, 5.74) is 2.25. The van der Waals surface area contributed by atoms with Crippen molar-refractivity contribution in [2.45, 2.75) is 24.2 Å². The molecule has 0 unspecified atom stereocenters. The standard InChI is InChI=1S/C15H18N2O4S/c1-16-8-4-3-5-11-12-9-10(22(19,20)21)6-7-13(12)17(2)14(11)15(16)18/h6-7,9H,3-5,8H2,1-2H3,(H,19,20,21). The fourth-order valence-electron chi connectivity index (χ4n) is 3.12. The van der Waals surface area contributed by atoms with Crippen LogP contribution < -0.4 is 0 Å². The predicted molar refractivity (Wildman–Crippen MR) is 82.6 cm³/mol. The Morgan fingerprint density at radius 1 is 1.18 bits per heavy atom. The van der Waals surface area contributed by atoms with E-state index in [1.165, 1.54) is 12.1 Å². The molecule has 1 N–H and O–H groups in total. The van der Waals surface area contributed by atoms with Gasteiger partial charge in [-0.15, -0.1) is 0 Å². The summed E-state index contributed by atoms with van der Waals surface area (Å²) in [5.74, 6) is -0.0539. The van der Waals surface area contributed by atoms with Crippen molar-refractivity contribution in [2.24, 2.45) is 7.05 Å². The number of benzene rings is 1. The molecule has 0 radical (unpaired) electrons. The van der Waals surface area contributed by atoms with Crippen LogP contribution in [0, 0.1) is 0 Å². The third-order valence-corrected chi connectivity index (χ3v) is 5.14. The summed E-state index contributed by atoms with van der Waals surface area (Å²) in [5, 5.41) is 0.719. The molecule has 0 aliphatic carbocycles. The van der Waals surface area contributed by atoms with Crippen LogP contribution >= 0.6 is 0 Å². The van der Waals surface area contributed by atoms with Gasteiger partial charge in [0.1, 0.15) is 5.69 Å². The highest BCUT2D eigenvalue weighted by Gasteiger charge is 2.26. The Labute approximate surface area is 129 Å². The number of amides is 1. The van der Waals surface area contributed by atoms with Gasteiger partial charge in [0.25, 0.3) is 16.0 Å². The van der Waals surface area contributed by atoms with Crippen molar-refractivity contribution in [3.63, 3.8) is 0 Å². The Bertz CT molecular complexity index is 867. The Hall–Kier alpha value is -1.86. The number of fused-ring (bicyclic) bond motifs is 3. The van der Waals surface area contributed by atoms with Gasteiger partial charge in [-0.05, 0) is 43.0 Å². The lowest BCUT2D eigenvalue weighted by Gasteiger charge is -2.21. The van der Waals surface area contributed by atoms with Gasteiger partial charge in [0.2, 0.25) is 0 Å². The molecule has 1 aliphatic rings. The first kappa shape index (κ1) is 15.1. The van der Waals surface area contributed by atoms with E-state index in [1.807, 2.05) is 11.6 Å². The molecule has 0 saturated heterocycles. The molecule has 1 aliphatic heterocycles. The molecule has 0 fully saturated rings. The number of rotatable bonds is 1. The minimum atomic E-state index is -4.26. The molecule has 2 aromatic rings. The summed E-state index contributed by atoms with van der Waals surface area (Å²) in [4.78, 5) is 14.2. The zero-order chi connectivity index (χ0) is 16.1. The molecule has 3 rings (SSSR count). The van der Waals surface area contributed by atoms with Gasteiger partial charge < -0.3 is 9.47 Å². The Morgan fingerprint density at radius 2 is 1.91 bits per heavy atom. The van der Waals surface area contributed by atoms with Crippen LogP contribution in [0.15, 0.2) is 23.1 Å². The van der Waals surface area contributed by atoms with Crippen molar-refractivity contribution < 1.29 is 17.8 Å². The first-order chi connectivity index (χ1) is 10.3. The molecule has 1 aromatic heterocycles. The number of aryl methyl sites for hydroxylation is 2. The first-order valence-corrected chi connectivity index (χ1v) is 8.59. The lowest BCUT2D eigenvalue weighted by atomic mass is 10.0. The third kappa shape index (κ3) is 2.30. The second-order valence-corrected chi connectivity index (χ2v) is 7.15. The van der Waals surface area contributed by atoms with Gasteiger partial charge in [-0.25, -0.2) is 0 Å². The SMILES string of the molecule is CN1CCCCc2c(n(C)c3ccc(S(=O)(=O)O)cc23)C1=O. The fraction of sp³-hybridized carbons (Fsp3) is 0.400. The van der Waals surface area contributed by atoms with Crippen LogP contribution in [0.4, 0.5) is 0 Å². The molecule has 118 valence electrons. The average molecular weight is 322 g/mol. The molecule has 2 heterocycles. The molecule has 7 heteroatoms. The van der Waals surface area contributed by atoms with E-state index in [2.05, 4.69) is 0 Å². The van der Waals surface area contributed by atoms with Crippen LogP contribution in [-0.4, -0.2) is 41.9 Å². The Morgan fingerprint density at radius 3 is 2.59 bits per heavy atom. The largest absolute Gasteiger partial charge is 0.340 e. The summed E-state index contributed by atoms with van der Waals surface area (Å²) in [7, 11) is -0.673. The average Bonchev–Trinajstić information content (AvgIpc) is 2.72. The van der Waals surface area contributed by atoms with E-state index in [-0.39, 0.29) is 10.8 Å². The molecule has 22 heavy (non-hydrogen) atoms. The smallest absolute Gasteiger partial charge is 0.294 e. The number of carbonyl (C=O) groups excluding carboxylic acids is 1. The van der Waals surface area contributed by atoms with Gasteiger partial charge in [0.05, 0.1) is 4.90 Å². The minimum absolute atomic E-state index is 0.0539. The summed E-state index contributed by atoms with van der Waals surface area (Å²) in [6, 6.07) is 4.45. The maximum absolute atomic E-state index is 12.6. The maximum Gasteiger partial charge on any atom is 0.294 e. The summed E-state index contributed by atoms with van der Waals surface area (Å²) in [6.07, 6.45) is 2.57. The van der Waals surface area contributed by atoms with Crippen LogP contribution in [0.25, 0.3) is 10.9 Å². The maximum atomic E-state index is 12.6. The number of aromatic nitrogens is 1. The van der Waals surface area contributed by atoms with Crippen molar-refractivity contribution in [1.82, 2.24) is 9.47 Å². The molecule has 0 spiro atoms.